The van der Waals surface area contributed by atoms with Gasteiger partial charge in [0.25, 0.3) is 0 Å². The van der Waals surface area contributed by atoms with E-state index in [2.05, 4.69) is 80.8 Å². The summed E-state index contributed by atoms with van der Waals surface area (Å²) in [4.78, 5) is 12.8. The summed E-state index contributed by atoms with van der Waals surface area (Å²) in [5.74, 6) is 0.872. The number of aromatic nitrogens is 4. The second kappa shape index (κ2) is 9.07. The molecule has 0 amide bonds. The fourth-order valence-electron chi connectivity index (χ4n) is 4.88. The molecule has 0 saturated carbocycles. The van der Waals surface area contributed by atoms with E-state index < -0.39 is 10.0 Å². The normalized spacial score (nSPS) is 16.9. The quantitative estimate of drug-likeness (QED) is 0.350. The largest absolute Gasteiger partial charge is 0.378 e. The molecule has 5 rings (SSSR count). The lowest BCUT2D eigenvalue weighted by molar-refractivity contribution is 0.476. The number of aromatic amines is 1. The number of rotatable bonds is 6. The first kappa shape index (κ1) is 24.0. The number of benzene rings is 1. The third kappa shape index (κ3) is 4.28. The number of pyridine rings is 1. The molecule has 1 fully saturated rings. The zero-order valence-corrected chi connectivity index (χ0v) is 22.7. The summed E-state index contributed by atoms with van der Waals surface area (Å²) in [6, 6.07) is 10.5. The first-order valence-corrected chi connectivity index (χ1v) is 14.1. The summed E-state index contributed by atoms with van der Waals surface area (Å²) < 4.78 is 29.2. The number of nitrogens with zero attached hydrogens (tertiary/aromatic N) is 4. The van der Waals surface area contributed by atoms with Crippen molar-refractivity contribution in [2.24, 2.45) is 0 Å². The van der Waals surface area contributed by atoms with Crippen LogP contribution in [0.1, 0.15) is 30.3 Å². The Morgan fingerprint density at radius 2 is 2.00 bits per heavy atom. The van der Waals surface area contributed by atoms with Gasteiger partial charge in [0.05, 0.1) is 15.9 Å². The van der Waals surface area contributed by atoms with Crippen LogP contribution in [0.15, 0.2) is 41.0 Å². The third-order valence-electron chi connectivity index (χ3n) is 6.77. The molecule has 0 bridgehead atoms. The molecule has 3 aromatic heterocycles. The molecule has 0 unspecified atom stereocenters. The average molecular weight is 558 g/mol. The van der Waals surface area contributed by atoms with Crippen molar-refractivity contribution in [3.05, 3.63) is 58.0 Å². The lowest BCUT2D eigenvalue weighted by Gasteiger charge is -2.17. The lowest BCUT2D eigenvalue weighted by Crippen LogP contribution is -2.32. The first-order valence-electron chi connectivity index (χ1n) is 11.7. The molecule has 10 heteroatoms. The van der Waals surface area contributed by atoms with E-state index in [-0.39, 0.29) is 11.8 Å². The lowest BCUT2D eigenvalue weighted by atomic mass is 10.2. The number of fused-ring (bicyclic) bond motifs is 1. The van der Waals surface area contributed by atoms with Crippen molar-refractivity contribution < 1.29 is 8.42 Å². The Morgan fingerprint density at radius 1 is 1.23 bits per heavy atom. The number of sulfonamides is 1. The molecule has 0 radical (unpaired) electrons. The number of hydrogen-bond donors (Lipinski definition) is 2. The summed E-state index contributed by atoms with van der Waals surface area (Å²) in [5, 5.41) is 3.54. The predicted molar refractivity (Wildman–Crippen MR) is 144 cm³/mol. The van der Waals surface area contributed by atoms with Crippen LogP contribution in [0.2, 0.25) is 0 Å². The topological polar surface area (TPSA) is 95.9 Å². The van der Waals surface area contributed by atoms with E-state index in [1.807, 2.05) is 6.07 Å². The maximum absolute atomic E-state index is 12.3. The molecule has 1 saturated heterocycles. The summed E-state index contributed by atoms with van der Waals surface area (Å²) in [5.41, 5.74) is 7.87. The van der Waals surface area contributed by atoms with Crippen LogP contribution in [0, 0.1) is 20.8 Å². The van der Waals surface area contributed by atoms with Gasteiger partial charge in [-0.15, -0.1) is 0 Å². The summed E-state index contributed by atoms with van der Waals surface area (Å²) in [7, 11) is -3.19. The molecule has 1 atom stereocenters. The van der Waals surface area contributed by atoms with Crippen molar-refractivity contribution >= 4 is 42.8 Å². The van der Waals surface area contributed by atoms with Crippen molar-refractivity contribution in [2.45, 2.75) is 40.2 Å². The van der Waals surface area contributed by atoms with Gasteiger partial charge in [0.1, 0.15) is 11.3 Å². The molecule has 4 aromatic rings. The molecule has 184 valence electrons. The zero-order chi connectivity index (χ0) is 24.9. The van der Waals surface area contributed by atoms with Gasteiger partial charge >= 0.3 is 0 Å². The van der Waals surface area contributed by atoms with E-state index >= 15 is 0 Å². The maximum atomic E-state index is 12.3. The van der Waals surface area contributed by atoms with E-state index in [0.717, 1.165) is 50.6 Å². The Balaban J connectivity index is 1.51. The van der Waals surface area contributed by atoms with Crippen LogP contribution in [-0.2, 0) is 10.0 Å². The number of nitrogens with one attached hydrogen (secondary N) is 2. The van der Waals surface area contributed by atoms with Crippen LogP contribution < -0.4 is 5.32 Å². The second-order valence-electron chi connectivity index (χ2n) is 9.06. The van der Waals surface area contributed by atoms with Crippen molar-refractivity contribution in [1.29, 1.82) is 0 Å². The van der Waals surface area contributed by atoms with Gasteiger partial charge in [0.15, 0.2) is 5.65 Å². The van der Waals surface area contributed by atoms with Crippen LogP contribution in [-0.4, -0.2) is 57.1 Å². The summed E-state index contributed by atoms with van der Waals surface area (Å²) in [6.07, 6.45) is 2.48. The number of anilines is 1. The van der Waals surface area contributed by atoms with Crippen LogP contribution in [0.5, 0.6) is 0 Å². The highest BCUT2D eigenvalue weighted by Crippen LogP contribution is 2.35. The van der Waals surface area contributed by atoms with Crippen molar-refractivity contribution in [3.8, 4) is 17.1 Å². The molecule has 35 heavy (non-hydrogen) atoms. The summed E-state index contributed by atoms with van der Waals surface area (Å²) in [6.45, 7) is 8.98. The number of para-hydroxylation sites is 1. The monoisotopic (exact) mass is 556 g/mol. The van der Waals surface area contributed by atoms with E-state index in [4.69, 9.17) is 4.98 Å². The third-order valence-corrected chi connectivity index (χ3v) is 9.22. The SMILES string of the molecule is CCS(=O)(=O)N1CC[C@H](Nc2c(Br)cnc3nc(-c4cc(C)n(-c5ccccc5C)c4C)[nH]c23)C1. The van der Waals surface area contributed by atoms with Gasteiger partial charge < -0.3 is 14.9 Å². The van der Waals surface area contributed by atoms with Crippen molar-refractivity contribution in [3.63, 3.8) is 0 Å². The first-order chi connectivity index (χ1) is 16.7. The van der Waals surface area contributed by atoms with Gasteiger partial charge in [-0.05, 0) is 67.7 Å². The van der Waals surface area contributed by atoms with Crippen molar-refractivity contribution in [1.82, 2.24) is 23.8 Å². The molecule has 0 aliphatic carbocycles. The molecular weight excluding hydrogens is 528 g/mol. The highest BCUT2D eigenvalue weighted by molar-refractivity contribution is 9.10. The van der Waals surface area contributed by atoms with Crippen LogP contribution in [0.3, 0.4) is 0 Å². The molecule has 8 nitrogen and oxygen atoms in total. The highest BCUT2D eigenvalue weighted by Gasteiger charge is 2.31. The standard InChI is InChI=1S/C25H29BrN6O2S/c1-5-35(33,34)31-11-10-18(14-31)28-22-20(26)13-27-25-23(22)29-24(30-25)19-12-16(3)32(17(19)4)21-9-7-6-8-15(21)2/h6-9,12-13,18H,5,10-11,14H2,1-4H3,(H2,27,28,29,30)/t18-/m0/s1. The molecule has 4 heterocycles. The minimum absolute atomic E-state index is 0.0103. The Morgan fingerprint density at radius 3 is 2.74 bits per heavy atom. The number of hydrogen-bond acceptors (Lipinski definition) is 5. The zero-order valence-electron chi connectivity index (χ0n) is 20.3. The number of imidazole rings is 1. The smallest absolute Gasteiger partial charge is 0.213 e. The van der Waals surface area contributed by atoms with Gasteiger partial charge in [0, 0.05) is 48.0 Å². The molecular formula is C25H29BrN6O2S. The van der Waals surface area contributed by atoms with Crippen LogP contribution in [0.4, 0.5) is 5.69 Å². The van der Waals surface area contributed by atoms with Gasteiger partial charge in [0.2, 0.25) is 10.0 Å². The fraction of sp³-hybridized carbons (Fsp3) is 0.360. The number of halogens is 1. The Labute approximate surface area is 214 Å². The van der Waals surface area contributed by atoms with Gasteiger partial charge in [-0.25, -0.2) is 18.4 Å². The van der Waals surface area contributed by atoms with Crippen LogP contribution in [0.25, 0.3) is 28.2 Å². The Hall–Kier alpha value is -2.69. The minimum atomic E-state index is -3.19. The molecule has 1 aliphatic heterocycles. The van der Waals surface area contributed by atoms with Crippen molar-refractivity contribution in [2.75, 3.05) is 24.2 Å². The molecule has 0 spiro atoms. The molecule has 1 aliphatic rings. The minimum Gasteiger partial charge on any atom is -0.378 e. The van der Waals surface area contributed by atoms with Gasteiger partial charge in [-0.1, -0.05) is 18.2 Å². The van der Waals surface area contributed by atoms with Gasteiger partial charge in [-0.3, -0.25) is 0 Å². The summed E-state index contributed by atoms with van der Waals surface area (Å²) >= 11 is 3.62. The molecule has 1 aromatic carbocycles. The Kier molecular flexibility index (Phi) is 6.23. The fourth-order valence-corrected chi connectivity index (χ4v) is 6.45. The van der Waals surface area contributed by atoms with Crippen LogP contribution >= 0.6 is 15.9 Å². The highest BCUT2D eigenvalue weighted by atomic mass is 79.9. The van der Waals surface area contributed by atoms with E-state index in [1.54, 1.807) is 17.4 Å². The Bertz CT molecular complexity index is 1520. The molecule has 2 N–H and O–H groups in total. The average Bonchev–Trinajstić information content (AvgIpc) is 3.54. The second-order valence-corrected chi connectivity index (χ2v) is 12.2. The number of aryl methyl sites for hydroxylation is 2. The predicted octanol–water partition coefficient (Wildman–Crippen LogP) is 4.94. The maximum Gasteiger partial charge on any atom is 0.213 e. The number of H-pyrrole nitrogens is 1. The van der Waals surface area contributed by atoms with E-state index in [9.17, 15) is 8.42 Å². The van der Waals surface area contributed by atoms with Gasteiger partial charge in [-0.2, -0.15) is 4.31 Å². The van der Waals surface area contributed by atoms with E-state index in [1.165, 1.54) is 5.56 Å². The van der Waals surface area contributed by atoms with E-state index in [0.29, 0.717) is 18.7 Å².